The van der Waals surface area contributed by atoms with Crippen LogP contribution < -0.4 is 10.6 Å². The van der Waals surface area contributed by atoms with Crippen molar-refractivity contribution in [2.75, 3.05) is 26.5 Å². The van der Waals surface area contributed by atoms with E-state index in [1.807, 2.05) is 12.2 Å². The van der Waals surface area contributed by atoms with Crippen molar-refractivity contribution in [2.45, 2.75) is 108 Å². The number of carbonyl (C=O) groups is 4. The molecule has 2 amide bonds. The summed E-state index contributed by atoms with van der Waals surface area (Å²) in [6.45, 7) is 1.60. The number of thioether (sulfide) groups is 1. The number of amides is 2. The molecule has 242 valence electrons. The second-order valence-corrected chi connectivity index (χ2v) is 10.9. The molecule has 9 nitrogen and oxygen atoms in total. The van der Waals surface area contributed by atoms with E-state index in [-0.39, 0.29) is 18.6 Å². The zero-order valence-electron chi connectivity index (χ0n) is 24.9. The number of nitrogens with one attached hydrogen (secondary N) is 2. The highest BCUT2D eigenvalue weighted by molar-refractivity contribution is 8.00. The molecule has 3 atom stereocenters. The third kappa shape index (κ3) is 20.4. The minimum absolute atomic E-state index is 0.0768. The van der Waals surface area contributed by atoms with Gasteiger partial charge in [0.25, 0.3) is 0 Å². The van der Waals surface area contributed by atoms with Crippen LogP contribution in [-0.2, 0) is 28.7 Å². The van der Waals surface area contributed by atoms with Crippen LogP contribution in [0.25, 0.3) is 0 Å². The van der Waals surface area contributed by atoms with Crippen LogP contribution in [-0.4, -0.2) is 78.9 Å². The quantitative estimate of drug-likeness (QED) is 0.0842. The van der Waals surface area contributed by atoms with Crippen molar-refractivity contribution < 1.29 is 46.9 Å². The molecule has 0 aliphatic rings. The highest BCUT2D eigenvalue weighted by Crippen LogP contribution is 2.23. The summed E-state index contributed by atoms with van der Waals surface area (Å²) in [5, 5.41) is 13.9. The summed E-state index contributed by atoms with van der Waals surface area (Å²) in [4.78, 5) is 46.8. The molecule has 3 N–H and O–H groups in total. The van der Waals surface area contributed by atoms with Crippen LogP contribution in [0.1, 0.15) is 84.0 Å². The van der Waals surface area contributed by atoms with Gasteiger partial charge >= 0.3 is 24.0 Å². The average molecular weight is 625 g/mol. The lowest BCUT2D eigenvalue weighted by atomic mass is 10.1. The summed E-state index contributed by atoms with van der Waals surface area (Å²) in [7, 11) is 2.33. The number of aliphatic hydroxyl groups excluding tert-OH is 1. The van der Waals surface area contributed by atoms with Crippen molar-refractivity contribution in [3.8, 4) is 0 Å². The van der Waals surface area contributed by atoms with Crippen LogP contribution in [0.5, 0.6) is 0 Å². The third-order valence-electron chi connectivity index (χ3n) is 6.23. The fourth-order valence-corrected chi connectivity index (χ4v) is 4.96. The molecular weight excluding hydrogens is 577 g/mol. The van der Waals surface area contributed by atoms with E-state index in [4.69, 9.17) is 0 Å². The number of ether oxygens (including phenoxy) is 2. The van der Waals surface area contributed by atoms with E-state index in [2.05, 4.69) is 21.7 Å². The minimum atomic E-state index is -5.22. The largest absolute Gasteiger partial charge is 0.471 e. The summed E-state index contributed by atoms with van der Waals surface area (Å²) in [5.74, 6) is -4.92. The molecule has 0 rings (SSSR count). The molecule has 0 aliphatic heterocycles. The first-order valence-electron chi connectivity index (χ1n) is 14.4. The number of alkyl halides is 3. The lowest BCUT2D eigenvalue weighted by molar-refractivity contribution is -0.174. The maximum absolute atomic E-state index is 12.9. The average Bonchev–Trinajstić information content (AvgIpc) is 2.95. The Morgan fingerprint density at radius 1 is 0.905 bits per heavy atom. The van der Waals surface area contributed by atoms with Crippen molar-refractivity contribution in [3.05, 3.63) is 24.3 Å². The topological polar surface area (TPSA) is 131 Å². The standard InChI is InChI=1S/C29H47F3N2O7S/c1-4-5-6-7-8-9-10-11-12-13-14-15-18-24(23(35)17-16-19-25(36)40-2)42-21-22(34-28(39)29(30,31)32)27(38)33-20-26(37)41-3/h13-15,18,22-24,35H,4-12,16-17,19-21H2,1-3H3,(H,33,38)(H,34,39)/b14-13+,18-15+/t22-,23-,24+/m0/s1. The summed E-state index contributed by atoms with van der Waals surface area (Å²) >= 11 is 0.960. The minimum Gasteiger partial charge on any atom is -0.469 e. The van der Waals surface area contributed by atoms with E-state index in [1.54, 1.807) is 17.5 Å². The van der Waals surface area contributed by atoms with Crippen LogP contribution in [0.2, 0.25) is 0 Å². The van der Waals surface area contributed by atoms with Gasteiger partial charge in [-0.25, -0.2) is 0 Å². The molecule has 0 aromatic carbocycles. The molecule has 0 aliphatic carbocycles. The lowest BCUT2D eigenvalue weighted by Crippen LogP contribution is -2.52. The van der Waals surface area contributed by atoms with Gasteiger partial charge in [-0.15, -0.1) is 11.8 Å². The van der Waals surface area contributed by atoms with Crippen LogP contribution in [0, 0.1) is 0 Å². The van der Waals surface area contributed by atoms with Gasteiger partial charge in [0.2, 0.25) is 5.91 Å². The van der Waals surface area contributed by atoms with Gasteiger partial charge < -0.3 is 25.2 Å². The maximum atomic E-state index is 12.9. The normalized spacial score (nSPS) is 14.0. The number of aliphatic hydroxyl groups is 1. The molecule has 0 aromatic rings. The van der Waals surface area contributed by atoms with Gasteiger partial charge in [-0.05, 0) is 25.7 Å². The molecule has 0 saturated heterocycles. The molecular formula is C29H47F3N2O7S. The van der Waals surface area contributed by atoms with Gasteiger partial charge in [-0.2, -0.15) is 13.2 Å². The predicted molar refractivity (Wildman–Crippen MR) is 157 cm³/mol. The Morgan fingerprint density at radius 3 is 2.12 bits per heavy atom. The predicted octanol–water partition coefficient (Wildman–Crippen LogP) is 4.77. The van der Waals surface area contributed by atoms with E-state index < -0.39 is 53.9 Å². The fraction of sp³-hybridized carbons (Fsp3) is 0.724. The summed E-state index contributed by atoms with van der Waals surface area (Å²) in [6.07, 6.45) is 12.1. The van der Waals surface area contributed by atoms with E-state index >= 15 is 0 Å². The monoisotopic (exact) mass is 624 g/mol. The number of carbonyl (C=O) groups excluding carboxylic acids is 4. The Bertz CT molecular complexity index is 854. The Morgan fingerprint density at radius 2 is 1.52 bits per heavy atom. The van der Waals surface area contributed by atoms with Crippen LogP contribution in [0.15, 0.2) is 24.3 Å². The van der Waals surface area contributed by atoms with Crippen molar-refractivity contribution >= 4 is 35.5 Å². The first-order valence-corrected chi connectivity index (χ1v) is 15.4. The number of rotatable bonds is 23. The number of hydrogen-bond acceptors (Lipinski definition) is 8. The van der Waals surface area contributed by atoms with Crippen molar-refractivity contribution in [1.29, 1.82) is 0 Å². The molecule has 42 heavy (non-hydrogen) atoms. The van der Waals surface area contributed by atoms with Crippen LogP contribution in [0.4, 0.5) is 13.2 Å². The van der Waals surface area contributed by atoms with E-state index in [0.717, 1.165) is 38.1 Å². The van der Waals surface area contributed by atoms with Gasteiger partial charge in [0.15, 0.2) is 0 Å². The van der Waals surface area contributed by atoms with Crippen LogP contribution in [0.3, 0.4) is 0 Å². The summed E-state index contributed by atoms with van der Waals surface area (Å²) in [6, 6.07) is -1.65. The summed E-state index contributed by atoms with van der Waals surface area (Å²) < 4.78 is 47.7. The van der Waals surface area contributed by atoms with Gasteiger partial charge in [-0.1, -0.05) is 76.2 Å². The maximum Gasteiger partial charge on any atom is 0.471 e. The van der Waals surface area contributed by atoms with E-state index in [1.165, 1.54) is 45.6 Å². The lowest BCUT2D eigenvalue weighted by Gasteiger charge is -2.23. The van der Waals surface area contributed by atoms with Crippen molar-refractivity contribution in [1.82, 2.24) is 10.6 Å². The molecule has 0 radical (unpaired) electrons. The Hall–Kier alpha value is -2.54. The number of esters is 2. The van der Waals surface area contributed by atoms with E-state index in [9.17, 15) is 37.5 Å². The van der Waals surface area contributed by atoms with Gasteiger partial charge in [0.05, 0.1) is 20.3 Å². The van der Waals surface area contributed by atoms with Crippen molar-refractivity contribution in [2.24, 2.45) is 0 Å². The molecule has 0 fully saturated rings. The molecule has 0 heterocycles. The summed E-state index contributed by atoms with van der Waals surface area (Å²) in [5.41, 5.74) is 0. The van der Waals surface area contributed by atoms with Gasteiger partial charge in [0.1, 0.15) is 12.6 Å². The Balaban J connectivity index is 5.25. The highest BCUT2D eigenvalue weighted by atomic mass is 32.2. The SMILES string of the molecule is CCCCCCCCCC/C=C/C=C/[C@@H](SC[C@H](NC(=O)C(F)(F)F)C(=O)NCC(=O)OC)[C@@H](O)CCCC(=O)OC. The number of hydrogen-bond donors (Lipinski definition) is 3. The molecule has 0 bridgehead atoms. The zero-order chi connectivity index (χ0) is 31.8. The molecule has 0 aromatic heterocycles. The first-order chi connectivity index (χ1) is 20.0. The second kappa shape index (κ2) is 24.0. The number of allylic oxidation sites excluding steroid dienone is 3. The first kappa shape index (κ1) is 39.5. The Kier molecular flexibility index (Phi) is 22.5. The van der Waals surface area contributed by atoms with E-state index in [0.29, 0.717) is 6.42 Å². The number of methoxy groups -OCH3 is 2. The van der Waals surface area contributed by atoms with Gasteiger partial charge in [0, 0.05) is 17.4 Å². The van der Waals surface area contributed by atoms with Crippen LogP contribution >= 0.6 is 11.8 Å². The molecule has 0 unspecified atom stereocenters. The third-order valence-corrected chi connectivity index (χ3v) is 7.61. The Labute approximate surface area is 251 Å². The molecule has 0 spiro atoms. The smallest absolute Gasteiger partial charge is 0.469 e. The fourth-order valence-electron chi connectivity index (χ4n) is 3.75. The van der Waals surface area contributed by atoms with Crippen molar-refractivity contribution in [3.63, 3.8) is 0 Å². The highest BCUT2D eigenvalue weighted by Gasteiger charge is 2.41. The zero-order valence-corrected chi connectivity index (χ0v) is 25.7. The number of halogens is 3. The van der Waals surface area contributed by atoms with Gasteiger partial charge in [-0.3, -0.25) is 19.2 Å². The molecule has 13 heteroatoms. The number of unbranched alkanes of at least 4 members (excludes halogenated alkanes) is 8. The molecule has 0 saturated carbocycles. The second-order valence-electron chi connectivity index (χ2n) is 9.73.